The molecule has 152 valence electrons. The molecule has 1 aliphatic carbocycles. The SMILES string of the molecule is CC(=O)N1CC(Oc2cnccn2)CC1C(=O)N1CCCN(C2CCC2)CC1. The Bertz CT molecular complexity index is 696. The van der Waals surface area contributed by atoms with E-state index in [2.05, 4.69) is 14.9 Å². The highest BCUT2D eigenvalue weighted by Gasteiger charge is 2.42. The zero-order valence-electron chi connectivity index (χ0n) is 16.5. The maximum absolute atomic E-state index is 13.3. The van der Waals surface area contributed by atoms with E-state index in [4.69, 9.17) is 4.74 Å². The number of nitrogens with zero attached hydrogens (tertiary/aromatic N) is 5. The van der Waals surface area contributed by atoms with Gasteiger partial charge in [0.05, 0.1) is 12.7 Å². The van der Waals surface area contributed by atoms with Crippen molar-refractivity contribution in [1.82, 2.24) is 24.7 Å². The lowest BCUT2D eigenvalue weighted by Crippen LogP contribution is -2.48. The molecule has 3 fully saturated rings. The fourth-order valence-electron chi connectivity index (χ4n) is 4.47. The van der Waals surface area contributed by atoms with Gasteiger partial charge in [-0.05, 0) is 19.3 Å². The average molecular weight is 387 g/mol. The zero-order valence-corrected chi connectivity index (χ0v) is 16.5. The van der Waals surface area contributed by atoms with E-state index in [-0.39, 0.29) is 17.9 Å². The van der Waals surface area contributed by atoms with Gasteiger partial charge in [0.15, 0.2) is 0 Å². The van der Waals surface area contributed by atoms with Gasteiger partial charge in [0, 0.05) is 58.0 Å². The molecule has 0 aromatic carbocycles. The molecule has 28 heavy (non-hydrogen) atoms. The fourth-order valence-corrected chi connectivity index (χ4v) is 4.47. The summed E-state index contributed by atoms with van der Waals surface area (Å²) >= 11 is 0. The molecule has 2 atom stereocenters. The Labute approximate surface area is 165 Å². The molecule has 4 rings (SSSR count). The van der Waals surface area contributed by atoms with Crippen LogP contribution >= 0.6 is 0 Å². The molecule has 0 N–H and O–H groups in total. The van der Waals surface area contributed by atoms with E-state index in [9.17, 15) is 9.59 Å². The van der Waals surface area contributed by atoms with E-state index in [1.54, 1.807) is 23.5 Å². The van der Waals surface area contributed by atoms with Crippen LogP contribution in [0.25, 0.3) is 0 Å². The van der Waals surface area contributed by atoms with Gasteiger partial charge in [-0.1, -0.05) is 6.42 Å². The van der Waals surface area contributed by atoms with Crippen LogP contribution in [0.5, 0.6) is 5.88 Å². The van der Waals surface area contributed by atoms with Crippen LogP contribution in [0.15, 0.2) is 18.6 Å². The van der Waals surface area contributed by atoms with Crippen molar-refractivity contribution in [3.63, 3.8) is 0 Å². The number of aromatic nitrogens is 2. The summed E-state index contributed by atoms with van der Waals surface area (Å²) < 4.78 is 5.87. The van der Waals surface area contributed by atoms with Crippen molar-refractivity contribution in [2.75, 3.05) is 32.7 Å². The smallest absolute Gasteiger partial charge is 0.245 e. The van der Waals surface area contributed by atoms with Crippen LogP contribution in [-0.4, -0.2) is 87.4 Å². The predicted molar refractivity (Wildman–Crippen MR) is 103 cm³/mol. The Morgan fingerprint density at radius 1 is 1.11 bits per heavy atom. The average Bonchev–Trinajstić information content (AvgIpc) is 2.92. The minimum Gasteiger partial charge on any atom is -0.471 e. The first-order valence-corrected chi connectivity index (χ1v) is 10.3. The van der Waals surface area contributed by atoms with Crippen molar-refractivity contribution in [2.24, 2.45) is 0 Å². The number of carbonyl (C=O) groups is 2. The Morgan fingerprint density at radius 3 is 2.64 bits per heavy atom. The van der Waals surface area contributed by atoms with E-state index in [0.29, 0.717) is 24.9 Å². The monoisotopic (exact) mass is 387 g/mol. The Hall–Kier alpha value is -2.22. The van der Waals surface area contributed by atoms with Crippen molar-refractivity contribution in [1.29, 1.82) is 0 Å². The van der Waals surface area contributed by atoms with Gasteiger partial charge in [0.1, 0.15) is 12.1 Å². The summed E-state index contributed by atoms with van der Waals surface area (Å²) in [5.74, 6) is 0.389. The topological polar surface area (TPSA) is 78.9 Å². The van der Waals surface area contributed by atoms with Gasteiger partial charge in [-0.3, -0.25) is 19.5 Å². The number of likely N-dealkylation sites (tertiary alicyclic amines) is 1. The second kappa shape index (κ2) is 8.43. The number of rotatable bonds is 4. The van der Waals surface area contributed by atoms with Crippen molar-refractivity contribution < 1.29 is 14.3 Å². The fraction of sp³-hybridized carbons (Fsp3) is 0.700. The lowest BCUT2D eigenvalue weighted by molar-refractivity contribution is -0.142. The summed E-state index contributed by atoms with van der Waals surface area (Å²) in [4.78, 5) is 39.7. The zero-order chi connectivity index (χ0) is 19.5. The maximum Gasteiger partial charge on any atom is 0.245 e. The van der Waals surface area contributed by atoms with Crippen LogP contribution < -0.4 is 4.74 Å². The molecule has 8 nitrogen and oxygen atoms in total. The molecule has 2 aliphatic heterocycles. The van der Waals surface area contributed by atoms with Gasteiger partial charge in [0.2, 0.25) is 17.7 Å². The lowest BCUT2D eigenvalue weighted by atomic mass is 9.91. The summed E-state index contributed by atoms with van der Waals surface area (Å²) in [7, 11) is 0. The largest absolute Gasteiger partial charge is 0.471 e. The number of carbonyl (C=O) groups excluding carboxylic acids is 2. The molecule has 1 aromatic heterocycles. The van der Waals surface area contributed by atoms with E-state index in [1.807, 2.05) is 4.90 Å². The van der Waals surface area contributed by atoms with Crippen molar-refractivity contribution in [3.8, 4) is 5.88 Å². The van der Waals surface area contributed by atoms with E-state index < -0.39 is 6.04 Å². The van der Waals surface area contributed by atoms with E-state index in [1.165, 1.54) is 26.2 Å². The highest BCUT2D eigenvalue weighted by Crippen LogP contribution is 2.27. The van der Waals surface area contributed by atoms with Gasteiger partial charge >= 0.3 is 0 Å². The van der Waals surface area contributed by atoms with Gasteiger partial charge in [-0.15, -0.1) is 0 Å². The number of ether oxygens (including phenoxy) is 1. The molecule has 2 saturated heterocycles. The Balaban J connectivity index is 1.39. The first-order valence-electron chi connectivity index (χ1n) is 10.3. The minimum absolute atomic E-state index is 0.0518. The van der Waals surface area contributed by atoms with Crippen LogP contribution in [-0.2, 0) is 9.59 Å². The quantitative estimate of drug-likeness (QED) is 0.765. The van der Waals surface area contributed by atoms with Crippen LogP contribution in [0.3, 0.4) is 0 Å². The molecule has 1 saturated carbocycles. The number of amides is 2. The molecular formula is C20H29N5O3. The molecule has 0 radical (unpaired) electrons. The normalized spacial score (nSPS) is 26.6. The minimum atomic E-state index is -0.450. The molecule has 0 bridgehead atoms. The third-order valence-electron chi connectivity index (χ3n) is 6.21. The third kappa shape index (κ3) is 4.11. The summed E-state index contributed by atoms with van der Waals surface area (Å²) in [6.45, 7) is 5.43. The molecule has 3 aliphatic rings. The van der Waals surface area contributed by atoms with E-state index >= 15 is 0 Å². The molecule has 1 aromatic rings. The highest BCUT2D eigenvalue weighted by atomic mass is 16.5. The van der Waals surface area contributed by atoms with Gasteiger partial charge in [-0.25, -0.2) is 4.98 Å². The number of hydrogen-bond donors (Lipinski definition) is 0. The van der Waals surface area contributed by atoms with Crippen molar-refractivity contribution in [3.05, 3.63) is 18.6 Å². The molecule has 8 heteroatoms. The van der Waals surface area contributed by atoms with Gasteiger partial charge < -0.3 is 14.5 Å². The van der Waals surface area contributed by atoms with Crippen molar-refractivity contribution in [2.45, 2.75) is 57.2 Å². The van der Waals surface area contributed by atoms with Gasteiger partial charge in [-0.2, -0.15) is 0 Å². The second-order valence-electron chi connectivity index (χ2n) is 8.01. The summed E-state index contributed by atoms with van der Waals surface area (Å²) in [5, 5.41) is 0. The first-order chi connectivity index (χ1) is 13.6. The Kier molecular flexibility index (Phi) is 5.75. The van der Waals surface area contributed by atoms with Crippen LogP contribution in [0.4, 0.5) is 0 Å². The first kappa shape index (κ1) is 19.1. The highest BCUT2D eigenvalue weighted by molar-refractivity contribution is 5.87. The molecule has 3 heterocycles. The van der Waals surface area contributed by atoms with Crippen LogP contribution in [0.1, 0.15) is 39.0 Å². The second-order valence-corrected chi connectivity index (χ2v) is 8.01. The summed E-state index contributed by atoms with van der Waals surface area (Å²) in [6, 6.07) is 0.259. The molecule has 2 amide bonds. The van der Waals surface area contributed by atoms with E-state index in [0.717, 1.165) is 32.6 Å². The summed E-state index contributed by atoms with van der Waals surface area (Å²) in [6.07, 6.45) is 9.86. The standard InChI is InChI=1S/C20H29N5O3/c1-15(26)25-14-17(28-19-13-21-6-7-22-19)12-18(25)20(27)24-9-3-8-23(10-11-24)16-4-2-5-16/h6-7,13,16-18H,2-5,8-12,14H2,1H3. The van der Waals surface area contributed by atoms with Crippen LogP contribution in [0.2, 0.25) is 0 Å². The predicted octanol–water partition coefficient (Wildman–Crippen LogP) is 0.932. The Morgan fingerprint density at radius 2 is 1.96 bits per heavy atom. The third-order valence-corrected chi connectivity index (χ3v) is 6.21. The number of hydrogen-bond acceptors (Lipinski definition) is 6. The molecule has 2 unspecified atom stereocenters. The molecule has 0 spiro atoms. The summed E-state index contributed by atoms with van der Waals surface area (Å²) in [5.41, 5.74) is 0. The van der Waals surface area contributed by atoms with Crippen molar-refractivity contribution >= 4 is 11.8 Å². The lowest BCUT2D eigenvalue weighted by Gasteiger charge is -2.36. The molecular weight excluding hydrogens is 358 g/mol. The van der Waals surface area contributed by atoms with Crippen LogP contribution in [0, 0.1) is 0 Å². The van der Waals surface area contributed by atoms with Gasteiger partial charge in [0.25, 0.3) is 0 Å². The maximum atomic E-state index is 13.3.